The zero-order valence-electron chi connectivity index (χ0n) is 13.6. The van der Waals surface area contributed by atoms with Crippen LogP contribution in [0.2, 0.25) is 0 Å². The largest absolute Gasteiger partial charge is 0.383 e. The molecular formula is C17H23Cl2N3O2. The average Bonchev–Trinajstić information content (AvgIpc) is 3.01. The maximum absolute atomic E-state index is 12.5. The molecule has 1 fully saturated rings. The number of ether oxygens (including phenoxy) is 1. The first-order valence-electron chi connectivity index (χ1n) is 7.60. The fourth-order valence-electron chi connectivity index (χ4n) is 3.10. The van der Waals surface area contributed by atoms with Crippen LogP contribution in [0.5, 0.6) is 0 Å². The number of hydrogen-bond donors (Lipinski definition) is 2. The number of nitrogens with zero attached hydrogens (tertiary/aromatic N) is 1. The van der Waals surface area contributed by atoms with E-state index in [1.807, 2.05) is 30.3 Å². The molecule has 1 unspecified atom stereocenters. The van der Waals surface area contributed by atoms with E-state index >= 15 is 0 Å². The maximum atomic E-state index is 12.5. The number of halogens is 2. The Labute approximate surface area is 154 Å². The normalized spacial score (nSPS) is 19.4. The van der Waals surface area contributed by atoms with Gasteiger partial charge in [-0.25, -0.2) is 0 Å². The molecule has 0 saturated carbocycles. The summed E-state index contributed by atoms with van der Waals surface area (Å²) in [7, 11) is 1.69. The van der Waals surface area contributed by atoms with Crippen LogP contribution < -0.4 is 10.6 Å². The molecule has 1 atom stereocenters. The van der Waals surface area contributed by atoms with Crippen LogP contribution in [0.1, 0.15) is 23.2 Å². The van der Waals surface area contributed by atoms with E-state index in [4.69, 9.17) is 4.74 Å². The highest BCUT2D eigenvalue weighted by molar-refractivity contribution is 6.05. The molecule has 0 bridgehead atoms. The van der Waals surface area contributed by atoms with Crippen molar-refractivity contribution in [1.82, 2.24) is 15.6 Å². The summed E-state index contributed by atoms with van der Waals surface area (Å²) in [6.45, 7) is 2.12. The van der Waals surface area contributed by atoms with Crippen LogP contribution in [0.15, 0.2) is 36.5 Å². The van der Waals surface area contributed by atoms with E-state index < -0.39 is 0 Å². The quantitative estimate of drug-likeness (QED) is 0.847. The Morgan fingerprint density at radius 2 is 2.12 bits per heavy atom. The predicted molar refractivity (Wildman–Crippen MR) is 100 cm³/mol. The van der Waals surface area contributed by atoms with Gasteiger partial charge >= 0.3 is 0 Å². The summed E-state index contributed by atoms with van der Waals surface area (Å²) in [6.07, 6.45) is 3.83. The van der Waals surface area contributed by atoms with Crippen molar-refractivity contribution >= 4 is 41.6 Å². The van der Waals surface area contributed by atoms with E-state index in [-0.39, 0.29) is 36.3 Å². The van der Waals surface area contributed by atoms with Crippen molar-refractivity contribution < 1.29 is 9.53 Å². The molecule has 0 radical (unpaired) electrons. The molecule has 1 saturated heterocycles. The number of fused-ring (bicyclic) bond motifs is 1. The van der Waals surface area contributed by atoms with Gasteiger partial charge in [0.15, 0.2) is 0 Å². The van der Waals surface area contributed by atoms with Gasteiger partial charge in [0, 0.05) is 25.2 Å². The molecule has 0 aliphatic carbocycles. The van der Waals surface area contributed by atoms with Crippen molar-refractivity contribution in [3.05, 3.63) is 42.1 Å². The molecule has 1 aromatic heterocycles. The molecule has 2 N–H and O–H groups in total. The Morgan fingerprint density at radius 3 is 2.83 bits per heavy atom. The zero-order valence-corrected chi connectivity index (χ0v) is 15.2. The lowest BCUT2D eigenvalue weighted by atomic mass is 9.98. The first-order chi connectivity index (χ1) is 10.7. The number of benzene rings is 1. The minimum atomic E-state index is -0.150. The highest BCUT2D eigenvalue weighted by Gasteiger charge is 2.33. The molecule has 2 aromatic rings. The van der Waals surface area contributed by atoms with Gasteiger partial charge in [-0.1, -0.05) is 18.2 Å². The molecule has 5 nitrogen and oxygen atoms in total. The van der Waals surface area contributed by atoms with Crippen LogP contribution in [0.4, 0.5) is 0 Å². The minimum Gasteiger partial charge on any atom is -0.383 e. The Hall–Kier alpha value is -1.40. The van der Waals surface area contributed by atoms with E-state index in [1.54, 1.807) is 13.3 Å². The third-order valence-corrected chi connectivity index (χ3v) is 4.22. The van der Waals surface area contributed by atoms with Crippen molar-refractivity contribution in [3.8, 4) is 0 Å². The lowest BCUT2D eigenvalue weighted by Gasteiger charge is -2.29. The van der Waals surface area contributed by atoms with Crippen LogP contribution in [0.3, 0.4) is 0 Å². The summed E-state index contributed by atoms with van der Waals surface area (Å²) in [4.78, 5) is 16.9. The summed E-state index contributed by atoms with van der Waals surface area (Å²) in [5.74, 6) is -0.0894. The number of aromatic nitrogens is 1. The minimum absolute atomic E-state index is 0. The molecule has 0 spiro atoms. The average molecular weight is 372 g/mol. The highest BCUT2D eigenvalue weighted by atomic mass is 35.5. The SMILES string of the molecule is COCC1(CNC(=O)c2cccc3cccnc23)CCCN1.Cl.Cl. The van der Waals surface area contributed by atoms with Crippen molar-refractivity contribution in [3.63, 3.8) is 0 Å². The second-order valence-electron chi connectivity index (χ2n) is 5.81. The van der Waals surface area contributed by atoms with Gasteiger partial charge in [-0.05, 0) is 31.5 Å². The number of nitrogens with one attached hydrogen (secondary N) is 2. The number of hydrogen-bond acceptors (Lipinski definition) is 4. The molecule has 24 heavy (non-hydrogen) atoms. The fourth-order valence-corrected chi connectivity index (χ4v) is 3.10. The Balaban J connectivity index is 0.00000144. The second-order valence-corrected chi connectivity index (χ2v) is 5.81. The summed E-state index contributed by atoms with van der Waals surface area (Å²) in [5, 5.41) is 7.47. The smallest absolute Gasteiger partial charge is 0.253 e. The monoisotopic (exact) mass is 371 g/mol. The van der Waals surface area contributed by atoms with Crippen molar-refractivity contribution in [2.24, 2.45) is 0 Å². The Kier molecular flexibility index (Phi) is 7.90. The third-order valence-electron chi connectivity index (χ3n) is 4.22. The zero-order chi connectivity index (χ0) is 15.4. The van der Waals surface area contributed by atoms with E-state index in [2.05, 4.69) is 15.6 Å². The summed E-state index contributed by atoms with van der Waals surface area (Å²) in [5.41, 5.74) is 1.20. The van der Waals surface area contributed by atoms with Gasteiger partial charge < -0.3 is 15.4 Å². The Bertz CT molecular complexity index is 670. The number of methoxy groups -OCH3 is 1. The fraction of sp³-hybridized carbons (Fsp3) is 0.412. The molecular weight excluding hydrogens is 349 g/mol. The van der Waals surface area contributed by atoms with Gasteiger partial charge in [-0.3, -0.25) is 9.78 Å². The van der Waals surface area contributed by atoms with Crippen LogP contribution in [-0.2, 0) is 4.74 Å². The number of pyridine rings is 1. The molecule has 2 heterocycles. The van der Waals surface area contributed by atoms with Gasteiger partial charge in [0.05, 0.1) is 23.2 Å². The predicted octanol–water partition coefficient (Wildman–Crippen LogP) is 2.58. The van der Waals surface area contributed by atoms with Gasteiger partial charge in [0.25, 0.3) is 5.91 Å². The molecule has 7 heteroatoms. The van der Waals surface area contributed by atoms with E-state index in [1.165, 1.54) is 0 Å². The first-order valence-corrected chi connectivity index (χ1v) is 7.60. The Morgan fingerprint density at radius 1 is 1.33 bits per heavy atom. The highest BCUT2D eigenvalue weighted by Crippen LogP contribution is 2.20. The first kappa shape index (κ1) is 20.6. The number of carbonyl (C=O) groups is 1. The van der Waals surface area contributed by atoms with Gasteiger partial charge in [-0.2, -0.15) is 0 Å². The molecule has 3 rings (SSSR count). The molecule has 1 aliphatic rings. The van der Waals surface area contributed by atoms with E-state index in [0.717, 1.165) is 30.3 Å². The number of amides is 1. The standard InChI is InChI=1S/C17H21N3O2.2ClH/c1-22-12-17(8-4-10-20-17)11-19-16(21)14-7-2-5-13-6-3-9-18-15(13)14;;/h2-3,5-7,9,20H,4,8,10-12H2,1H3,(H,19,21);2*1H. The van der Waals surface area contributed by atoms with Gasteiger partial charge in [-0.15, -0.1) is 24.8 Å². The van der Waals surface area contributed by atoms with E-state index in [9.17, 15) is 4.79 Å². The van der Waals surface area contributed by atoms with Crippen molar-refractivity contribution in [1.29, 1.82) is 0 Å². The molecule has 1 aliphatic heterocycles. The summed E-state index contributed by atoms with van der Waals surface area (Å²) < 4.78 is 5.31. The topological polar surface area (TPSA) is 63.2 Å². The van der Waals surface area contributed by atoms with Crippen LogP contribution in [0, 0.1) is 0 Å². The van der Waals surface area contributed by atoms with Crippen molar-refractivity contribution in [2.75, 3.05) is 26.8 Å². The van der Waals surface area contributed by atoms with Crippen molar-refractivity contribution in [2.45, 2.75) is 18.4 Å². The van der Waals surface area contributed by atoms with Gasteiger partial charge in [0.1, 0.15) is 0 Å². The number of carbonyl (C=O) groups excluding carboxylic acids is 1. The van der Waals surface area contributed by atoms with E-state index in [0.29, 0.717) is 18.7 Å². The molecule has 1 amide bonds. The van der Waals surface area contributed by atoms with Crippen LogP contribution >= 0.6 is 24.8 Å². The number of rotatable bonds is 5. The second kappa shape index (κ2) is 9.18. The summed E-state index contributed by atoms with van der Waals surface area (Å²) >= 11 is 0. The maximum Gasteiger partial charge on any atom is 0.253 e. The third kappa shape index (κ3) is 4.36. The van der Waals surface area contributed by atoms with Crippen LogP contribution in [0.25, 0.3) is 10.9 Å². The molecule has 1 aromatic carbocycles. The number of para-hydroxylation sites is 1. The summed E-state index contributed by atoms with van der Waals surface area (Å²) in [6, 6.07) is 9.50. The molecule has 132 valence electrons. The lowest BCUT2D eigenvalue weighted by Crippen LogP contribution is -2.53. The van der Waals surface area contributed by atoms with Gasteiger partial charge in [0.2, 0.25) is 0 Å². The van der Waals surface area contributed by atoms with Crippen LogP contribution in [-0.4, -0.2) is 43.2 Å². The lowest BCUT2D eigenvalue weighted by molar-refractivity contribution is 0.0893.